The number of aromatic nitrogens is 1. The number of hydrogen-bond acceptors (Lipinski definition) is 6. The summed E-state index contributed by atoms with van der Waals surface area (Å²) in [5.74, 6) is 0.0781. The van der Waals surface area contributed by atoms with Crippen molar-refractivity contribution in [1.29, 1.82) is 0 Å². The molecule has 0 saturated heterocycles. The van der Waals surface area contributed by atoms with E-state index in [1.165, 1.54) is 16.0 Å². The molecule has 0 bridgehead atoms. The molecule has 0 amide bonds. The standard InChI is InChI=1S/C15H19N3O2S/c1-3-11-5-6-12(21-11)9-18-14-13(15(19)20-4-2)7-10(16)8-17-14/h5-8H,3-4,9,16H2,1-2H3,(H,17,18). The van der Waals surface area contributed by atoms with Gasteiger partial charge in [0.15, 0.2) is 0 Å². The molecule has 112 valence electrons. The Labute approximate surface area is 128 Å². The summed E-state index contributed by atoms with van der Waals surface area (Å²) in [6, 6.07) is 5.78. The summed E-state index contributed by atoms with van der Waals surface area (Å²) >= 11 is 1.75. The Morgan fingerprint density at radius 3 is 2.81 bits per heavy atom. The number of nitrogen functional groups attached to an aromatic ring is 1. The van der Waals surface area contributed by atoms with Crippen LogP contribution in [0.5, 0.6) is 0 Å². The van der Waals surface area contributed by atoms with Gasteiger partial charge in [0, 0.05) is 9.75 Å². The summed E-state index contributed by atoms with van der Waals surface area (Å²) in [7, 11) is 0. The maximum absolute atomic E-state index is 11.9. The first-order valence-corrected chi connectivity index (χ1v) is 7.69. The number of rotatable bonds is 6. The molecule has 2 heterocycles. The lowest BCUT2D eigenvalue weighted by atomic mass is 10.2. The highest BCUT2D eigenvalue weighted by Crippen LogP contribution is 2.21. The molecular formula is C15H19N3O2S. The van der Waals surface area contributed by atoms with E-state index in [2.05, 4.69) is 29.4 Å². The van der Waals surface area contributed by atoms with Crippen LogP contribution in [0.2, 0.25) is 0 Å². The number of aryl methyl sites for hydroxylation is 1. The summed E-state index contributed by atoms with van der Waals surface area (Å²) in [6.07, 6.45) is 2.55. The van der Waals surface area contributed by atoms with Crippen LogP contribution in [-0.4, -0.2) is 17.6 Å². The second kappa shape index (κ2) is 7.08. The summed E-state index contributed by atoms with van der Waals surface area (Å²) in [6.45, 7) is 4.83. The highest BCUT2D eigenvalue weighted by molar-refractivity contribution is 7.12. The number of nitrogens with one attached hydrogen (secondary N) is 1. The quantitative estimate of drug-likeness (QED) is 0.802. The fraction of sp³-hybridized carbons (Fsp3) is 0.333. The lowest BCUT2D eigenvalue weighted by Crippen LogP contribution is -2.11. The molecule has 0 unspecified atom stereocenters. The van der Waals surface area contributed by atoms with Gasteiger partial charge in [-0.05, 0) is 31.5 Å². The number of hydrogen-bond donors (Lipinski definition) is 2. The van der Waals surface area contributed by atoms with Crippen LogP contribution >= 0.6 is 11.3 Å². The van der Waals surface area contributed by atoms with Crippen LogP contribution in [0, 0.1) is 0 Å². The van der Waals surface area contributed by atoms with Crippen LogP contribution in [0.3, 0.4) is 0 Å². The minimum absolute atomic E-state index is 0.317. The normalized spacial score (nSPS) is 10.4. The number of nitrogens with zero attached hydrogens (tertiary/aromatic N) is 1. The van der Waals surface area contributed by atoms with E-state index < -0.39 is 5.97 Å². The van der Waals surface area contributed by atoms with Crippen LogP contribution in [0.4, 0.5) is 11.5 Å². The van der Waals surface area contributed by atoms with Gasteiger partial charge in [0.25, 0.3) is 0 Å². The molecule has 0 fully saturated rings. The van der Waals surface area contributed by atoms with Gasteiger partial charge in [-0.15, -0.1) is 11.3 Å². The number of carbonyl (C=O) groups excluding carboxylic acids is 1. The average molecular weight is 305 g/mol. The Bertz CT molecular complexity index is 625. The number of ether oxygens (including phenoxy) is 1. The van der Waals surface area contributed by atoms with Crippen molar-refractivity contribution in [3.63, 3.8) is 0 Å². The predicted molar refractivity (Wildman–Crippen MR) is 85.6 cm³/mol. The Morgan fingerprint density at radius 1 is 1.38 bits per heavy atom. The molecule has 0 aliphatic heterocycles. The van der Waals surface area contributed by atoms with Gasteiger partial charge >= 0.3 is 5.97 Å². The second-order valence-electron chi connectivity index (χ2n) is 4.46. The van der Waals surface area contributed by atoms with Gasteiger partial charge in [-0.2, -0.15) is 0 Å². The maximum Gasteiger partial charge on any atom is 0.341 e. The summed E-state index contributed by atoms with van der Waals surface area (Å²) in [5, 5.41) is 3.18. The van der Waals surface area contributed by atoms with E-state index in [9.17, 15) is 4.79 Å². The lowest BCUT2D eigenvalue weighted by Gasteiger charge is -2.10. The molecule has 3 N–H and O–H groups in total. The minimum Gasteiger partial charge on any atom is -0.462 e. The van der Waals surface area contributed by atoms with Crippen molar-refractivity contribution >= 4 is 28.8 Å². The zero-order chi connectivity index (χ0) is 15.2. The Balaban J connectivity index is 2.13. The third-order valence-corrected chi connectivity index (χ3v) is 4.13. The first-order chi connectivity index (χ1) is 10.1. The largest absolute Gasteiger partial charge is 0.462 e. The molecule has 2 rings (SSSR count). The zero-order valence-electron chi connectivity index (χ0n) is 12.2. The molecule has 0 radical (unpaired) electrons. The molecule has 21 heavy (non-hydrogen) atoms. The monoisotopic (exact) mass is 305 g/mol. The first-order valence-electron chi connectivity index (χ1n) is 6.88. The van der Waals surface area contributed by atoms with E-state index in [1.807, 2.05) is 0 Å². The predicted octanol–water partition coefficient (Wildman–Crippen LogP) is 3.08. The molecule has 5 nitrogen and oxygen atoms in total. The lowest BCUT2D eigenvalue weighted by molar-refractivity contribution is 0.0527. The Morgan fingerprint density at radius 2 is 2.14 bits per heavy atom. The van der Waals surface area contributed by atoms with E-state index in [-0.39, 0.29) is 0 Å². The van der Waals surface area contributed by atoms with E-state index >= 15 is 0 Å². The smallest absolute Gasteiger partial charge is 0.341 e. The van der Waals surface area contributed by atoms with E-state index in [0.29, 0.717) is 30.2 Å². The van der Waals surface area contributed by atoms with Crippen molar-refractivity contribution in [2.75, 3.05) is 17.7 Å². The number of pyridine rings is 1. The number of nitrogens with two attached hydrogens (primary N) is 1. The van der Waals surface area contributed by atoms with Gasteiger partial charge in [0.05, 0.1) is 25.0 Å². The van der Waals surface area contributed by atoms with Crippen molar-refractivity contribution in [3.8, 4) is 0 Å². The second-order valence-corrected chi connectivity index (χ2v) is 5.71. The first kappa shape index (κ1) is 15.3. The molecule has 2 aromatic heterocycles. The highest BCUT2D eigenvalue weighted by atomic mass is 32.1. The van der Waals surface area contributed by atoms with Crippen molar-refractivity contribution in [2.45, 2.75) is 26.8 Å². The fourth-order valence-corrected chi connectivity index (χ4v) is 2.76. The molecular weight excluding hydrogens is 286 g/mol. The molecule has 0 spiro atoms. The van der Waals surface area contributed by atoms with Gasteiger partial charge in [-0.25, -0.2) is 9.78 Å². The molecule has 0 atom stereocenters. The summed E-state index contributed by atoms with van der Waals surface area (Å²) < 4.78 is 5.03. The van der Waals surface area contributed by atoms with Crippen LogP contribution in [-0.2, 0) is 17.7 Å². The highest BCUT2D eigenvalue weighted by Gasteiger charge is 2.14. The minimum atomic E-state index is -0.416. The number of anilines is 2. The van der Waals surface area contributed by atoms with Gasteiger partial charge in [-0.3, -0.25) is 0 Å². The van der Waals surface area contributed by atoms with Crippen LogP contribution in [0.1, 0.15) is 34.0 Å². The van der Waals surface area contributed by atoms with Gasteiger partial charge < -0.3 is 15.8 Å². The van der Waals surface area contributed by atoms with Crippen LogP contribution in [0.25, 0.3) is 0 Å². The Hall–Kier alpha value is -2.08. The Kier molecular flexibility index (Phi) is 5.16. The van der Waals surface area contributed by atoms with Gasteiger partial charge in [-0.1, -0.05) is 6.92 Å². The van der Waals surface area contributed by atoms with E-state index in [0.717, 1.165) is 6.42 Å². The van der Waals surface area contributed by atoms with Crippen molar-refractivity contribution in [2.24, 2.45) is 0 Å². The van der Waals surface area contributed by atoms with Crippen LogP contribution in [0.15, 0.2) is 24.4 Å². The molecule has 0 saturated carbocycles. The molecule has 0 aliphatic carbocycles. The average Bonchev–Trinajstić information content (AvgIpc) is 2.94. The number of thiophene rings is 1. The van der Waals surface area contributed by atoms with E-state index in [4.69, 9.17) is 10.5 Å². The fourth-order valence-electron chi connectivity index (χ4n) is 1.86. The summed E-state index contributed by atoms with van der Waals surface area (Å²) in [4.78, 5) is 18.6. The van der Waals surface area contributed by atoms with Gasteiger partial charge in [0.2, 0.25) is 0 Å². The van der Waals surface area contributed by atoms with E-state index in [1.54, 1.807) is 24.3 Å². The SMILES string of the molecule is CCOC(=O)c1cc(N)cnc1NCc1ccc(CC)s1. The number of carbonyl (C=O) groups is 1. The van der Waals surface area contributed by atoms with Gasteiger partial charge in [0.1, 0.15) is 11.4 Å². The van der Waals surface area contributed by atoms with Crippen LogP contribution < -0.4 is 11.1 Å². The topological polar surface area (TPSA) is 77.2 Å². The molecule has 2 aromatic rings. The maximum atomic E-state index is 11.9. The molecule has 0 aromatic carbocycles. The summed E-state index contributed by atoms with van der Waals surface area (Å²) in [5.41, 5.74) is 6.50. The molecule has 0 aliphatic rings. The third-order valence-electron chi connectivity index (χ3n) is 2.90. The number of esters is 1. The third kappa shape index (κ3) is 3.95. The molecule has 6 heteroatoms. The van der Waals surface area contributed by atoms with Crippen molar-refractivity contribution < 1.29 is 9.53 Å². The van der Waals surface area contributed by atoms with Crippen molar-refractivity contribution in [3.05, 3.63) is 39.7 Å². The van der Waals surface area contributed by atoms with Crippen molar-refractivity contribution in [1.82, 2.24) is 4.98 Å². The zero-order valence-corrected chi connectivity index (χ0v) is 13.0.